The van der Waals surface area contributed by atoms with Crippen LogP contribution in [0.4, 0.5) is 5.69 Å². The van der Waals surface area contributed by atoms with Crippen LogP contribution in [0.15, 0.2) is 47.1 Å². The van der Waals surface area contributed by atoms with Gasteiger partial charge < -0.3 is 24.9 Å². The molecular weight excluding hydrogens is 340 g/mol. The molecule has 1 aliphatic heterocycles. The molecule has 8 nitrogen and oxygen atoms in total. The second kappa shape index (κ2) is 7.83. The lowest BCUT2D eigenvalue weighted by atomic mass is 10.1. The predicted molar refractivity (Wildman–Crippen MR) is 90.5 cm³/mol. The van der Waals surface area contributed by atoms with E-state index >= 15 is 0 Å². The van der Waals surface area contributed by atoms with Gasteiger partial charge in [0.15, 0.2) is 11.9 Å². The van der Waals surface area contributed by atoms with Crippen LogP contribution in [-0.2, 0) is 20.9 Å². The number of nitrogens with one attached hydrogen (secondary N) is 2. The highest BCUT2D eigenvalue weighted by atomic mass is 16.5. The SMILES string of the molecule is O=C(Nc1ccc(CNC(=O)[C@@H]2CC[C@H](C(=O)O)O2)cc1)c1ccco1. The number of amides is 2. The summed E-state index contributed by atoms with van der Waals surface area (Å²) in [7, 11) is 0. The summed E-state index contributed by atoms with van der Waals surface area (Å²) in [5, 5.41) is 14.3. The van der Waals surface area contributed by atoms with Gasteiger partial charge in [0, 0.05) is 12.2 Å². The summed E-state index contributed by atoms with van der Waals surface area (Å²) in [6.45, 7) is 0.281. The topological polar surface area (TPSA) is 118 Å². The molecule has 0 bridgehead atoms. The number of hydrogen-bond acceptors (Lipinski definition) is 5. The number of anilines is 1. The first-order chi connectivity index (χ1) is 12.5. The molecule has 0 spiro atoms. The number of carboxylic acids is 1. The summed E-state index contributed by atoms with van der Waals surface area (Å²) >= 11 is 0. The summed E-state index contributed by atoms with van der Waals surface area (Å²) in [6, 6.07) is 10.2. The molecule has 2 atom stereocenters. The molecule has 3 rings (SSSR count). The van der Waals surface area contributed by atoms with Gasteiger partial charge in [0.1, 0.15) is 6.10 Å². The van der Waals surface area contributed by atoms with Gasteiger partial charge in [0.2, 0.25) is 5.91 Å². The van der Waals surface area contributed by atoms with Gasteiger partial charge in [-0.1, -0.05) is 12.1 Å². The Hall–Kier alpha value is -3.13. The van der Waals surface area contributed by atoms with Gasteiger partial charge in [0.25, 0.3) is 5.91 Å². The fourth-order valence-electron chi connectivity index (χ4n) is 2.62. The lowest BCUT2D eigenvalue weighted by Gasteiger charge is -2.12. The van der Waals surface area contributed by atoms with Crippen molar-refractivity contribution in [2.45, 2.75) is 31.6 Å². The van der Waals surface area contributed by atoms with Crippen molar-refractivity contribution >= 4 is 23.5 Å². The third-order valence-corrected chi connectivity index (χ3v) is 4.01. The first-order valence-electron chi connectivity index (χ1n) is 8.12. The molecule has 0 aliphatic carbocycles. The molecule has 0 radical (unpaired) electrons. The van der Waals surface area contributed by atoms with E-state index in [2.05, 4.69) is 10.6 Å². The molecule has 26 heavy (non-hydrogen) atoms. The predicted octanol–water partition coefficient (Wildman–Crippen LogP) is 1.78. The van der Waals surface area contributed by atoms with Gasteiger partial charge in [-0.15, -0.1) is 0 Å². The fourth-order valence-corrected chi connectivity index (χ4v) is 2.62. The van der Waals surface area contributed by atoms with Crippen LogP contribution in [0.1, 0.15) is 29.0 Å². The number of rotatable bonds is 6. The second-order valence-electron chi connectivity index (χ2n) is 5.88. The van der Waals surface area contributed by atoms with E-state index < -0.39 is 18.2 Å². The Morgan fingerprint density at radius 3 is 2.42 bits per heavy atom. The summed E-state index contributed by atoms with van der Waals surface area (Å²) in [6.07, 6.45) is 0.497. The van der Waals surface area contributed by atoms with Gasteiger partial charge in [-0.2, -0.15) is 0 Å². The average Bonchev–Trinajstić information content (AvgIpc) is 3.32. The van der Waals surface area contributed by atoms with Crippen molar-refractivity contribution in [2.75, 3.05) is 5.32 Å². The zero-order valence-corrected chi connectivity index (χ0v) is 13.8. The zero-order valence-electron chi connectivity index (χ0n) is 13.8. The minimum absolute atomic E-state index is 0.220. The van der Waals surface area contributed by atoms with Crippen molar-refractivity contribution in [3.63, 3.8) is 0 Å². The van der Waals surface area contributed by atoms with Crippen molar-refractivity contribution in [1.82, 2.24) is 5.32 Å². The summed E-state index contributed by atoms with van der Waals surface area (Å²) in [4.78, 5) is 34.8. The number of furan rings is 1. The molecule has 2 aromatic rings. The molecule has 8 heteroatoms. The van der Waals surface area contributed by atoms with E-state index in [1.165, 1.54) is 6.26 Å². The van der Waals surface area contributed by atoms with Crippen molar-refractivity contribution < 1.29 is 28.6 Å². The Morgan fingerprint density at radius 1 is 1.08 bits per heavy atom. The Labute approximate surface area is 149 Å². The number of benzene rings is 1. The van der Waals surface area contributed by atoms with E-state index in [1.807, 2.05) is 0 Å². The maximum atomic E-state index is 12.0. The van der Waals surface area contributed by atoms with Gasteiger partial charge in [-0.25, -0.2) is 4.79 Å². The van der Waals surface area contributed by atoms with E-state index in [9.17, 15) is 14.4 Å². The van der Waals surface area contributed by atoms with Crippen molar-refractivity contribution in [2.24, 2.45) is 0 Å². The van der Waals surface area contributed by atoms with E-state index in [0.717, 1.165) is 5.56 Å². The fraction of sp³-hybridized carbons (Fsp3) is 0.278. The van der Waals surface area contributed by atoms with Crippen LogP contribution in [0.2, 0.25) is 0 Å². The molecule has 1 aromatic heterocycles. The highest BCUT2D eigenvalue weighted by molar-refractivity contribution is 6.02. The quantitative estimate of drug-likeness (QED) is 0.724. The molecule has 1 saturated heterocycles. The highest BCUT2D eigenvalue weighted by Crippen LogP contribution is 2.20. The molecular formula is C18H18N2O6. The van der Waals surface area contributed by atoms with E-state index in [4.69, 9.17) is 14.3 Å². The molecule has 1 fully saturated rings. The Balaban J connectivity index is 1.48. The molecule has 0 unspecified atom stereocenters. The standard InChI is InChI=1S/C18H18N2O6/c21-16(14-7-8-15(26-14)18(23)24)19-10-11-3-5-12(6-4-11)20-17(22)13-2-1-9-25-13/h1-6,9,14-15H,7-8,10H2,(H,19,21)(H,20,22)(H,23,24)/t14-,15+/m0/s1. The minimum Gasteiger partial charge on any atom is -0.479 e. The molecule has 0 saturated carbocycles. The van der Waals surface area contributed by atoms with Crippen molar-refractivity contribution in [3.8, 4) is 0 Å². The Morgan fingerprint density at radius 2 is 1.81 bits per heavy atom. The molecule has 1 aromatic carbocycles. The number of hydrogen-bond donors (Lipinski definition) is 3. The maximum absolute atomic E-state index is 12.0. The summed E-state index contributed by atoms with van der Waals surface area (Å²) in [5.74, 6) is -1.50. The van der Waals surface area contributed by atoms with E-state index in [1.54, 1.807) is 36.4 Å². The van der Waals surface area contributed by atoms with Crippen LogP contribution in [0.3, 0.4) is 0 Å². The molecule has 3 N–H and O–H groups in total. The first-order valence-corrected chi connectivity index (χ1v) is 8.12. The number of carbonyl (C=O) groups excluding carboxylic acids is 2. The largest absolute Gasteiger partial charge is 0.479 e. The van der Waals surface area contributed by atoms with E-state index in [0.29, 0.717) is 18.5 Å². The number of carboxylic acid groups (broad SMARTS) is 1. The lowest BCUT2D eigenvalue weighted by molar-refractivity contribution is -0.151. The third kappa shape index (κ3) is 4.28. The average molecular weight is 358 g/mol. The summed E-state index contributed by atoms with van der Waals surface area (Å²) in [5.41, 5.74) is 1.44. The van der Waals surface area contributed by atoms with Crippen molar-refractivity contribution in [3.05, 3.63) is 54.0 Å². The van der Waals surface area contributed by atoms with Crippen LogP contribution in [0.25, 0.3) is 0 Å². The molecule has 136 valence electrons. The van der Waals surface area contributed by atoms with Crippen LogP contribution in [0, 0.1) is 0 Å². The van der Waals surface area contributed by atoms with Crippen LogP contribution < -0.4 is 10.6 Å². The van der Waals surface area contributed by atoms with Crippen molar-refractivity contribution in [1.29, 1.82) is 0 Å². The maximum Gasteiger partial charge on any atom is 0.332 e. The lowest BCUT2D eigenvalue weighted by Crippen LogP contribution is -2.35. The molecule has 1 aliphatic rings. The van der Waals surface area contributed by atoms with Gasteiger partial charge >= 0.3 is 5.97 Å². The number of carbonyl (C=O) groups is 3. The summed E-state index contributed by atoms with van der Waals surface area (Å²) < 4.78 is 10.2. The molecule has 2 amide bonds. The van der Waals surface area contributed by atoms with Crippen LogP contribution in [-0.4, -0.2) is 35.1 Å². The Kier molecular flexibility index (Phi) is 5.33. The third-order valence-electron chi connectivity index (χ3n) is 4.01. The Bertz CT molecular complexity index is 785. The minimum atomic E-state index is -1.05. The van der Waals surface area contributed by atoms with Gasteiger partial charge in [-0.05, 0) is 42.7 Å². The normalized spacial score (nSPS) is 19.1. The van der Waals surface area contributed by atoms with Crippen LogP contribution in [0.5, 0.6) is 0 Å². The van der Waals surface area contributed by atoms with E-state index in [-0.39, 0.29) is 24.1 Å². The van der Waals surface area contributed by atoms with Gasteiger partial charge in [0.05, 0.1) is 6.26 Å². The number of ether oxygens (including phenoxy) is 1. The first kappa shape index (κ1) is 17.7. The monoisotopic (exact) mass is 358 g/mol. The number of aliphatic carboxylic acids is 1. The molecule has 2 heterocycles. The smallest absolute Gasteiger partial charge is 0.332 e. The second-order valence-corrected chi connectivity index (χ2v) is 5.88. The highest BCUT2D eigenvalue weighted by Gasteiger charge is 2.34. The zero-order chi connectivity index (χ0) is 18.5. The van der Waals surface area contributed by atoms with Crippen LogP contribution >= 0.6 is 0 Å². The van der Waals surface area contributed by atoms with Gasteiger partial charge in [-0.3, -0.25) is 9.59 Å².